The highest BCUT2D eigenvalue weighted by molar-refractivity contribution is 5.83. The molecule has 34 heavy (non-hydrogen) atoms. The third-order valence-electron chi connectivity index (χ3n) is 7.69. The molecule has 2 aromatic rings. The summed E-state index contributed by atoms with van der Waals surface area (Å²) in [6.45, 7) is 5.40. The van der Waals surface area contributed by atoms with E-state index in [1.807, 2.05) is 0 Å². The van der Waals surface area contributed by atoms with Crippen LogP contribution in [0, 0.1) is 5.41 Å². The van der Waals surface area contributed by atoms with Gasteiger partial charge in [-0.05, 0) is 56.4 Å². The predicted molar refractivity (Wildman–Crippen MR) is 139 cm³/mol. The normalized spacial score (nSPS) is 22.7. The highest BCUT2D eigenvalue weighted by Crippen LogP contribution is 2.33. The SMILES string of the molecule is CCc1ccc2nc(N3CCC(NC4CCCCC4)C(OC)C3)c(C(O)N(C)C(C)=N)cc2c1. The molecular formula is C27H41N5O2. The van der Waals surface area contributed by atoms with E-state index in [9.17, 15) is 5.11 Å². The van der Waals surface area contributed by atoms with Crippen LogP contribution < -0.4 is 10.2 Å². The van der Waals surface area contributed by atoms with E-state index in [-0.39, 0.29) is 6.10 Å². The van der Waals surface area contributed by atoms with Gasteiger partial charge in [-0.25, -0.2) is 4.98 Å². The quantitative estimate of drug-likeness (QED) is 0.321. The van der Waals surface area contributed by atoms with E-state index in [1.54, 1.807) is 26.0 Å². The minimum absolute atomic E-state index is 0.0582. The van der Waals surface area contributed by atoms with Crippen LogP contribution in [0.5, 0.6) is 0 Å². The van der Waals surface area contributed by atoms with E-state index in [0.29, 0.717) is 17.9 Å². The van der Waals surface area contributed by atoms with E-state index >= 15 is 0 Å². The molecule has 3 unspecified atom stereocenters. The summed E-state index contributed by atoms with van der Waals surface area (Å²) in [5, 5.41) is 24.2. The Labute approximate surface area is 204 Å². The number of hydrogen-bond acceptors (Lipinski definition) is 6. The molecule has 0 spiro atoms. The molecule has 1 aliphatic heterocycles. The van der Waals surface area contributed by atoms with Crippen LogP contribution in [0.2, 0.25) is 0 Å². The van der Waals surface area contributed by atoms with Gasteiger partial charge in [0, 0.05) is 50.3 Å². The number of aliphatic hydroxyl groups excluding tert-OH is 1. The van der Waals surface area contributed by atoms with Gasteiger partial charge in [0.1, 0.15) is 5.82 Å². The van der Waals surface area contributed by atoms with Gasteiger partial charge in [0.25, 0.3) is 0 Å². The topological polar surface area (TPSA) is 84.7 Å². The highest BCUT2D eigenvalue weighted by Gasteiger charge is 2.33. The van der Waals surface area contributed by atoms with E-state index in [1.165, 1.54) is 37.7 Å². The molecule has 1 saturated carbocycles. The third kappa shape index (κ3) is 5.37. The van der Waals surface area contributed by atoms with Crippen LogP contribution in [-0.4, -0.2) is 66.3 Å². The molecule has 0 amide bonds. The van der Waals surface area contributed by atoms with Gasteiger partial charge in [0.05, 0.1) is 17.5 Å². The summed E-state index contributed by atoms with van der Waals surface area (Å²) >= 11 is 0. The Kier molecular flexibility index (Phi) is 8.06. The first-order chi connectivity index (χ1) is 16.4. The number of nitrogens with one attached hydrogen (secondary N) is 2. The maximum atomic E-state index is 11.2. The summed E-state index contributed by atoms with van der Waals surface area (Å²) in [5.74, 6) is 1.10. The number of hydrogen-bond donors (Lipinski definition) is 3. The summed E-state index contributed by atoms with van der Waals surface area (Å²) in [6.07, 6.45) is 7.54. The molecule has 7 nitrogen and oxygen atoms in total. The number of fused-ring (bicyclic) bond motifs is 1. The van der Waals surface area contributed by atoms with Gasteiger partial charge in [0.2, 0.25) is 0 Å². The van der Waals surface area contributed by atoms with Crippen molar-refractivity contribution in [1.29, 1.82) is 5.41 Å². The first-order valence-electron chi connectivity index (χ1n) is 12.8. The number of aliphatic hydroxyl groups is 1. The van der Waals surface area contributed by atoms with Crippen LogP contribution in [0.4, 0.5) is 5.82 Å². The molecule has 7 heteroatoms. The fourth-order valence-corrected chi connectivity index (χ4v) is 5.40. The Morgan fingerprint density at radius 1 is 1.26 bits per heavy atom. The molecule has 1 aliphatic carbocycles. The van der Waals surface area contributed by atoms with E-state index < -0.39 is 6.23 Å². The number of pyridine rings is 1. The average molecular weight is 468 g/mol. The second kappa shape index (κ2) is 11.0. The molecule has 0 bridgehead atoms. The molecule has 2 aliphatic rings. The number of methoxy groups -OCH3 is 1. The van der Waals surface area contributed by atoms with Crippen LogP contribution in [0.25, 0.3) is 10.9 Å². The summed E-state index contributed by atoms with van der Waals surface area (Å²) in [7, 11) is 3.55. The van der Waals surface area contributed by atoms with Crippen molar-refractivity contribution in [3.05, 3.63) is 35.4 Å². The van der Waals surface area contributed by atoms with Gasteiger partial charge in [-0.1, -0.05) is 32.3 Å². The number of aryl methyl sites for hydroxylation is 1. The zero-order valence-corrected chi connectivity index (χ0v) is 21.2. The molecule has 2 fully saturated rings. The number of ether oxygens (including phenoxy) is 1. The van der Waals surface area contributed by atoms with Crippen molar-refractivity contribution in [2.75, 3.05) is 32.1 Å². The minimum Gasteiger partial charge on any atom is -0.378 e. The van der Waals surface area contributed by atoms with E-state index in [0.717, 1.165) is 48.2 Å². The molecule has 4 rings (SSSR count). The van der Waals surface area contributed by atoms with E-state index in [2.05, 4.69) is 41.4 Å². The Hall–Kier alpha value is -2.22. The van der Waals surface area contributed by atoms with Crippen LogP contribution >= 0.6 is 0 Å². The predicted octanol–water partition coefficient (Wildman–Crippen LogP) is 4.23. The fourth-order valence-electron chi connectivity index (χ4n) is 5.40. The molecular weight excluding hydrogens is 426 g/mol. The van der Waals surface area contributed by atoms with Gasteiger partial charge < -0.3 is 25.0 Å². The molecule has 1 saturated heterocycles. The number of piperidine rings is 1. The van der Waals surface area contributed by atoms with Crippen LogP contribution in [0.3, 0.4) is 0 Å². The van der Waals surface area contributed by atoms with Crippen molar-refractivity contribution in [3.8, 4) is 0 Å². The summed E-state index contributed by atoms with van der Waals surface area (Å²) < 4.78 is 5.96. The number of nitrogens with zero attached hydrogens (tertiary/aromatic N) is 3. The lowest BCUT2D eigenvalue weighted by Crippen LogP contribution is -2.56. The number of rotatable bonds is 7. The molecule has 1 aromatic carbocycles. The van der Waals surface area contributed by atoms with E-state index in [4.69, 9.17) is 15.1 Å². The Balaban J connectivity index is 1.63. The second-order valence-electron chi connectivity index (χ2n) is 9.97. The Morgan fingerprint density at radius 3 is 2.71 bits per heavy atom. The standard InChI is InChI=1S/C27H41N5O2/c1-5-19-11-12-23-20(15-19)16-22(27(33)31(3)18(2)28)26(30-23)32-14-13-24(25(17-32)34-4)29-21-9-7-6-8-10-21/h11-12,15-16,21,24-25,27-29,33H,5-10,13-14,17H2,1-4H3. The maximum absolute atomic E-state index is 11.2. The number of anilines is 1. The maximum Gasteiger partial charge on any atom is 0.157 e. The zero-order valence-electron chi connectivity index (χ0n) is 21.2. The van der Waals surface area contributed by atoms with Crippen molar-refractivity contribution in [2.24, 2.45) is 0 Å². The molecule has 0 radical (unpaired) electrons. The van der Waals surface area contributed by atoms with Crippen LogP contribution in [0.15, 0.2) is 24.3 Å². The van der Waals surface area contributed by atoms with Gasteiger partial charge in [0.15, 0.2) is 6.23 Å². The zero-order chi connectivity index (χ0) is 24.2. The summed E-state index contributed by atoms with van der Waals surface area (Å²) in [4.78, 5) is 8.88. The lowest BCUT2D eigenvalue weighted by atomic mass is 9.92. The molecule has 186 valence electrons. The van der Waals surface area contributed by atoms with Crippen LogP contribution in [0.1, 0.15) is 69.7 Å². The average Bonchev–Trinajstić information content (AvgIpc) is 2.87. The fraction of sp³-hybridized carbons (Fsp3) is 0.630. The largest absolute Gasteiger partial charge is 0.378 e. The first kappa shape index (κ1) is 24.9. The molecule has 3 N–H and O–H groups in total. The van der Waals surface area contributed by atoms with Gasteiger partial charge in [-0.3, -0.25) is 5.41 Å². The number of amidine groups is 1. The monoisotopic (exact) mass is 467 g/mol. The van der Waals surface area contributed by atoms with Crippen molar-refractivity contribution in [1.82, 2.24) is 15.2 Å². The molecule has 2 heterocycles. The van der Waals surface area contributed by atoms with Gasteiger partial charge in [-0.2, -0.15) is 0 Å². The number of aromatic nitrogens is 1. The van der Waals surface area contributed by atoms with Crippen molar-refractivity contribution in [2.45, 2.75) is 83.2 Å². The smallest absolute Gasteiger partial charge is 0.157 e. The van der Waals surface area contributed by atoms with Crippen LogP contribution in [-0.2, 0) is 11.2 Å². The second-order valence-corrected chi connectivity index (χ2v) is 9.97. The third-order valence-corrected chi connectivity index (χ3v) is 7.69. The molecule has 1 aromatic heterocycles. The molecule has 3 atom stereocenters. The van der Waals surface area contributed by atoms with Crippen molar-refractivity contribution >= 4 is 22.6 Å². The Morgan fingerprint density at radius 2 is 2.03 bits per heavy atom. The van der Waals surface area contributed by atoms with Crippen molar-refractivity contribution in [3.63, 3.8) is 0 Å². The Bertz CT molecular complexity index is 990. The van der Waals surface area contributed by atoms with Crippen molar-refractivity contribution < 1.29 is 9.84 Å². The minimum atomic E-state index is -0.936. The highest BCUT2D eigenvalue weighted by atomic mass is 16.5. The number of benzene rings is 1. The lowest BCUT2D eigenvalue weighted by molar-refractivity contribution is 0.0519. The lowest BCUT2D eigenvalue weighted by Gasteiger charge is -2.42. The summed E-state index contributed by atoms with van der Waals surface area (Å²) in [5.41, 5.74) is 2.91. The van der Waals surface area contributed by atoms with Gasteiger partial charge >= 0.3 is 0 Å². The first-order valence-corrected chi connectivity index (χ1v) is 12.8. The summed E-state index contributed by atoms with van der Waals surface area (Å²) in [6, 6.07) is 9.33. The van der Waals surface area contributed by atoms with Gasteiger partial charge in [-0.15, -0.1) is 0 Å².